The summed E-state index contributed by atoms with van der Waals surface area (Å²) in [5.74, 6) is 0.0536. The zero-order valence-electron chi connectivity index (χ0n) is 15.0. The molecule has 2 aromatic carbocycles. The van der Waals surface area contributed by atoms with Crippen molar-refractivity contribution in [3.05, 3.63) is 71.3 Å². The van der Waals surface area contributed by atoms with Gasteiger partial charge in [0, 0.05) is 12.1 Å². The summed E-state index contributed by atoms with van der Waals surface area (Å²) in [4.78, 5) is 14.1. The maximum Gasteiger partial charge on any atom is 0.227 e. The van der Waals surface area contributed by atoms with E-state index in [-0.39, 0.29) is 11.8 Å². The highest BCUT2D eigenvalue weighted by molar-refractivity contribution is 5.83. The van der Waals surface area contributed by atoms with Gasteiger partial charge in [-0.05, 0) is 17.5 Å². The first-order chi connectivity index (χ1) is 11.6. The molecule has 1 atom stereocenters. The Kier molecular flexibility index (Phi) is 7.01. The maximum absolute atomic E-state index is 12.7. The second kappa shape index (κ2) is 9.24. The Bertz CT molecular complexity index is 637. The van der Waals surface area contributed by atoms with Crippen molar-refractivity contribution in [1.29, 1.82) is 0 Å². The Labute approximate surface area is 145 Å². The first-order valence-corrected chi connectivity index (χ1v) is 8.80. The largest absolute Gasteiger partial charge is 0.351 e. The molecule has 0 heterocycles. The molecule has 3 nitrogen and oxygen atoms in total. The van der Waals surface area contributed by atoms with Crippen molar-refractivity contribution < 1.29 is 9.69 Å². The zero-order chi connectivity index (χ0) is 17.4. The van der Waals surface area contributed by atoms with E-state index in [1.165, 1.54) is 16.0 Å². The molecule has 0 unspecified atom stereocenters. The molecule has 0 aliphatic carbocycles. The van der Waals surface area contributed by atoms with Gasteiger partial charge in [-0.3, -0.25) is 4.79 Å². The lowest BCUT2D eigenvalue weighted by molar-refractivity contribution is -0.872. The van der Waals surface area contributed by atoms with Crippen LogP contribution in [0.15, 0.2) is 54.6 Å². The van der Waals surface area contributed by atoms with Crippen LogP contribution in [0.2, 0.25) is 0 Å². The highest BCUT2D eigenvalue weighted by atomic mass is 16.1. The lowest BCUT2D eigenvalue weighted by atomic mass is 9.93. The molecular weight excluding hydrogens is 296 g/mol. The van der Waals surface area contributed by atoms with Gasteiger partial charge >= 0.3 is 0 Å². The molecule has 0 aliphatic rings. The molecule has 0 bridgehead atoms. The molecule has 2 N–H and O–H groups in total. The molecule has 0 radical (unpaired) electrons. The SMILES string of the molecule is CCC[C@@H](C(=O)NCc1ccccc1C[NH+](C)C)c1ccccc1. The topological polar surface area (TPSA) is 33.5 Å². The number of amides is 1. The molecule has 2 aromatic rings. The van der Waals surface area contributed by atoms with Crippen LogP contribution < -0.4 is 10.2 Å². The highest BCUT2D eigenvalue weighted by Gasteiger charge is 2.19. The number of rotatable bonds is 8. The van der Waals surface area contributed by atoms with Crippen LogP contribution in [0.5, 0.6) is 0 Å². The Balaban J connectivity index is 2.06. The monoisotopic (exact) mass is 325 g/mol. The van der Waals surface area contributed by atoms with Crippen molar-refractivity contribution in [2.24, 2.45) is 0 Å². The van der Waals surface area contributed by atoms with Gasteiger partial charge in [0.05, 0.1) is 20.0 Å². The predicted octanol–water partition coefficient (Wildman–Crippen LogP) is 2.53. The van der Waals surface area contributed by atoms with Crippen molar-refractivity contribution in [3.63, 3.8) is 0 Å². The maximum atomic E-state index is 12.7. The van der Waals surface area contributed by atoms with Crippen molar-refractivity contribution in [1.82, 2.24) is 5.32 Å². The van der Waals surface area contributed by atoms with Gasteiger partial charge in [0.15, 0.2) is 0 Å². The van der Waals surface area contributed by atoms with E-state index in [1.54, 1.807) is 0 Å². The third kappa shape index (κ3) is 5.20. The number of carbonyl (C=O) groups is 1. The molecule has 0 saturated carbocycles. The number of hydrogen-bond donors (Lipinski definition) is 2. The van der Waals surface area contributed by atoms with Crippen LogP contribution in [0, 0.1) is 0 Å². The molecule has 0 fully saturated rings. The summed E-state index contributed by atoms with van der Waals surface area (Å²) in [7, 11) is 4.28. The van der Waals surface area contributed by atoms with Gasteiger partial charge in [-0.25, -0.2) is 0 Å². The molecule has 0 saturated heterocycles. The molecule has 0 aromatic heterocycles. The van der Waals surface area contributed by atoms with E-state index in [1.807, 2.05) is 36.4 Å². The van der Waals surface area contributed by atoms with Crippen LogP contribution in [0.3, 0.4) is 0 Å². The van der Waals surface area contributed by atoms with Gasteiger partial charge in [-0.15, -0.1) is 0 Å². The number of carbonyl (C=O) groups excluding carboxylic acids is 1. The average Bonchev–Trinajstić information content (AvgIpc) is 2.59. The Hall–Kier alpha value is -2.13. The number of nitrogens with one attached hydrogen (secondary N) is 2. The highest BCUT2D eigenvalue weighted by Crippen LogP contribution is 2.21. The van der Waals surface area contributed by atoms with Crippen LogP contribution in [0.1, 0.15) is 42.4 Å². The quantitative estimate of drug-likeness (QED) is 0.768. The summed E-state index contributed by atoms with van der Waals surface area (Å²) in [6, 6.07) is 18.4. The molecular formula is C21H29N2O+. The van der Waals surface area contributed by atoms with Gasteiger partial charge < -0.3 is 10.2 Å². The zero-order valence-corrected chi connectivity index (χ0v) is 15.0. The predicted molar refractivity (Wildman–Crippen MR) is 98.9 cm³/mol. The van der Waals surface area contributed by atoms with E-state index in [9.17, 15) is 4.79 Å². The third-order valence-electron chi connectivity index (χ3n) is 4.21. The fourth-order valence-corrected chi connectivity index (χ4v) is 3.01. The summed E-state index contributed by atoms with van der Waals surface area (Å²) in [5.41, 5.74) is 3.60. The van der Waals surface area contributed by atoms with E-state index in [0.717, 1.165) is 24.9 Å². The number of hydrogen-bond acceptors (Lipinski definition) is 1. The van der Waals surface area contributed by atoms with Gasteiger partial charge in [0.25, 0.3) is 0 Å². The Morgan fingerprint density at radius 3 is 2.25 bits per heavy atom. The number of quaternary nitrogens is 1. The van der Waals surface area contributed by atoms with E-state index in [4.69, 9.17) is 0 Å². The molecule has 2 rings (SSSR count). The molecule has 0 spiro atoms. The van der Waals surface area contributed by atoms with Crippen molar-refractivity contribution in [2.45, 2.75) is 38.8 Å². The fraction of sp³-hybridized carbons (Fsp3) is 0.381. The average molecular weight is 325 g/mol. The Morgan fingerprint density at radius 2 is 1.62 bits per heavy atom. The molecule has 3 heteroatoms. The van der Waals surface area contributed by atoms with Gasteiger partial charge in [-0.2, -0.15) is 0 Å². The molecule has 0 aliphatic heterocycles. The lowest BCUT2D eigenvalue weighted by Gasteiger charge is -2.18. The minimum absolute atomic E-state index is 0.0668. The first-order valence-electron chi connectivity index (χ1n) is 8.80. The molecule has 128 valence electrons. The molecule has 24 heavy (non-hydrogen) atoms. The van der Waals surface area contributed by atoms with E-state index in [2.05, 4.69) is 44.5 Å². The van der Waals surface area contributed by atoms with Crippen LogP contribution >= 0.6 is 0 Å². The van der Waals surface area contributed by atoms with Crippen molar-refractivity contribution in [3.8, 4) is 0 Å². The fourth-order valence-electron chi connectivity index (χ4n) is 3.01. The minimum Gasteiger partial charge on any atom is -0.351 e. The van der Waals surface area contributed by atoms with Crippen molar-refractivity contribution in [2.75, 3.05) is 14.1 Å². The molecule has 1 amide bonds. The minimum atomic E-state index is -0.0668. The van der Waals surface area contributed by atoms with Crippen LogP contribution in [0.25, 0.3) is 0 Å². The summed E-state index contributed by atoms with van der Waals surface area (Å²) < 4.78 is 0. The van der Waals surface area contributed by atoms with Gasteiger partial charge in [-0.1, -0.05) is 67.9 Å². The lowest BCUT2D eigenvalue weighted by Crippen LogP contribution is -3.04. The van der Waals surface area contributed by atoms with Crippen molar-refractivity contribution >= 4 is 5.91 Å². The first kappa shape index (κ1) is 18.2. The second-order valence-electron chi connectivity index (χ2n) is 6.62. The summed E-state index contributed by atoms with van der Waals surface area (Å²) in [5, 5.41) is 3.15. The Morgan fingerprint density at radius 1 is 1.00 bits per heavy atom. The summed E-state index contributed by atoms with van der Waals surface area (Å²) >= 11 is 0. The van der Waals surface area contributed by atoms with Crippen LogP contribution in [-0.4, -0.2) is 20.0 Å². The van der Waals surface area contributed by atoms with E-state index in [0.29, 0.717) is 6.54 Å². The standard InChI is InChI=1S/C21H28N2O/c1-4-10-20(17-11-6-5-7-12-17)21(24)22-15-18-13-8-9-14-19(18)16-23(2)3/h5-9,11-14,20H,4,10,15-16H2,1-3H3,(H,22,24)/p+1/t20-/m1/s1. The van der Waals surface area contributed by atoms with Gasteiger partial charge in [0.2, 0.25) is 5.91 Å². The summed E-state index contributed by atoms with van der Waals surface area (Å²) in [6.45, 7) is 3.68. The smallest absolute Gasteiger partial charge is 0.227 e. The van der Waals surface area contributed by atoms with Gasteiger partial charge in [0.1, 0.15) is 6.54 Å². The summed E-state index contributed by atoms with van der Waals surface area (Å²) in [6.07, 6.45) is 1.87. The van der Waals surface area contributed by atoms with E-state index < -0.39 is 0 Å². The normalized spacial score (nSPS) is 12.2. The third-order valence-corrected chi connectivity index (χ3v) is 4.21. The van der Waals surface area contributed by atoms with E-state index >= 15 is 0 Å². The number of benzene rings is 2. The van der Waals surface area contributed by atoms with Crippen LogP contribution in [0.4, 0.5) is 0 Å². The van der Waals surface area contributed by atoms with Crippen LogP contribution in [-0.2, 0) is 17.9 Å². The second-order valence-corrected chi connectivity index (χ2v) is 6.62.